The number of nitrogens with zero attached hydrogens (tertiary/aromatic N) is 6. The Kier molecular flexibility index (Phi) is 29.9. The maximum Gasteiger partial charge on any atom is 2.00 e. The van der Waals surface area contributed by atoms with E-state index in [0.29, 0.717) is 40.3 Å². The van der Waals surface area contributed by atoms with Gasteiger partial charge in [-0.3, -0.25) is 29.2 Å². The first-order valence-corrected chi connectivity index (χ1v) is 24.3. The molecule has 2 amide bonds. The SMILES string of the molecule is C[C@H](N)C(=O)O.C[C@H](N=C(c1ccccc1)c1ccccc1[N-]C(=O)[C@@H]1CCCN1Cc1ccccc1)C(=O)O.O=C(c1ccccc1)c1ccccc1NC(=O)[C@@H]1CCCN1Cc1ccccc1.O=[N+]([O-])O.O=[N+]([O-])O.[Ni+2].[Ni]. The molecule has 0 aliphatic carbocycles. The summed E-state index contributed by atoms with van der Waals surface area (Å²) in [5.41, 5.74) is 11.3. The van der Waals surface area contributed by atoms with Crippen molar-refractivity contribution in [1.82, 2.24) is 9.80 Å². The number of anilines is 1. The van der Waals surface area contributed by atoms with E-state index in [0.717, 1.165) is 50.9 Å². The number of aliphatic carboxylic acids is 2. The van der Waals surface area contributed by atoms with Crippen LogP contribution in [0.3, 0.4) is 0 Å². The molecule has 0 unspecified atom stereocenters. The Morgan fingerprint density at radius 2 is 1.03 bits per heavy atom. The van der Waals surface area contributed by atoms with Crippen molar-refractivity contribution in [3.8, 4) is 0 Å². The average Bonchev–Trinajstić information content (AvgIpc) is 4.12. The van der Waals surface area contributed by atoms with Crippen molar-refractivity contribution in [3.63, 3.8) is 0 Å². The van der Waals surface area contributed by atoms with Crippen LogP contribution in [0.15, 0.2) is 175 Å². The molecule has 79 heavy (non-hydrogen) atoms. The first-order valence-electron chi connectivity index (χ1n) is 24.3. The fraction of sp³-hybridized carbons (Fsp3) is 0.250. The summed E-state index contributed by atoms with van der Waals surface area (Å²) in [6.07, 6.45) is 3.54. The number of carboxylic acid groups (broad SMARTS) is 2. The van der Waals surface area contributed by atoms with Gasteiger partial charge in [0.05, 0.1) is 29.4 Å². The third kappa shape index (κ3) is 23.1. The number of nitrogens with one attached hydrogen (secondary N) is 1. The number of carbonyl (C=O) groups is 5. The van der Waals surface area contributed by atoms with Crippen molar-refractivity contribution in [2.45, 2.75) is 76.8 Å². The Morgan fingerprint density at radius 1 is 0.633 bits per heavy atom. The third-order valence-corrected chi connectivity index (χ3v) is 11.7. The molecule has 7 N–H and O–H groups in total. The Bertz CT molecular complexity index is 2890. The first kappa shape index (κ1) is 66.9. The fourth-order valence-corrected chi connectivity index (χ4v) is 8.10. The van der Waals surface area contributed by atoms with E-state index < -0.39 is 34.2 Å². The number of rotatable bonds is 15. The maximum absolute atomic E-state index is 13.3. The monoisotopic (exact) mass is 1170 g/mol. The Balaban J connectivity index is 0.000000430. The van der Waals surface area contributed by atoms with E-state index in [2.05, 4.69) is 49.7 Å². The zero-order valence-electron chi connectivity index (χ0n) is 43.0. The van der Waals surface area contributed by atoms with E-state index >= 15 is 0 Å². The average molecular weight is 1170 g/mol. The number of nitrogens with two attached hydrogens (primary N) is 1. The molecule has 8 rings (SSSR count). The van der Waals surface area contributed by atoms with Gasteiger partial charge in [0.25, 0.3) is 10.2 Å². The molecule has 6 aromatic rings. The molecule has 2 aliphatic heterocycles. The van der Waals surface area contributed by atoms with Crippen LogP contribution in [0.4, 0.5) is 11.4 Å². The van der Waals surface area contributed by atoms with E-state index in [1.165, 1.54) is 25.0 Å². The van der Waals surface area contributed by atoms with Crippen molar-refractivity contribution in [2.75, 3.05) is 18.4 Å². The number of amides is 2. The van der Waals surface area contributed by atoms with Crippen LogP contribution in [0.5, 0.6) is 0 Å². The number of hydrogen-bond acceptors (Lipinski definition) is 13. The minimum atomic E-state index is -1.50. The summed E-state index contributed by atoms with van der Waals surface area (Å²) >= 11 is 0. The second kappa shape index (κ2) is 35.3. The molecule has 0 bridgehead atoms. The largest absolute Gasteiger partial charge is 2.00 e. The van der Waals surface area contributed by atoms with Gasteiger partial charge in [-0.1, -0.05) is 158 Å². The molecule has 422 valence electrons. The second-order valence-electron chi connectivity index (χ2n) is 17.4. The van der Waals surface area contributed by atoms with E-state index in [-0.39, 0.29) is 62.7 Å². The number of hydrogen-bond donors (Lipinski definition) is 6. The first-order chi connectivity index (χ1) is 36.9. The third-order valence-electron chi connectivity index (χ3n) is 11.7. The molecule has 0 radical (unpaired) electrons. The minimum absolute atomic E-state index is 0. The molecule has 0 aromatic heterocycles. The van der Waals surface area contributed by atoms with Crippen LogP contribution in [-0.2, 0) is 65.3 Å². The molecule has 4 atom stereocenters. The van der Waals surface area contributed by atoms with Gasteiger partial charge < -0.3 is 41.8 Å². The Morgan fingerprint density at radius 3 is 1.49 bits per heavy atom. The molecular formula is C56H61N8Ni2O13+. The summed E-state index contributed by atoms with van der Waals surface area (Å²) in [5, 5.41) is 52.1. The Labute approximate surface area is 476 Å². The predicted octanol–water partition coefficient (Wildman–Crippen LogP) is 8.43. The smallest absolute Gasteiger partial charge is 0.625 e. The van der Waals surface area contributed by atoms with Crippen LogP contribution in [0, 0.1) is 20.2 Å². The summed E-state index contributed by atoms with van der Waals surface area (Å²) in [5.74, 6) is -2.29. The van der Waals surface area contributed by atoms with Crippen LogP contribution in [0.2, 0.25) is 0 Å². The van der Waals surface area contributed by atoms with E-state index in [9.17, 15) is 29.1 Å². The zero-order valence-corrected chi connectivity index (χ0v) is 45.0. The van der Waals surface area contributed by atoms with Crippen LogP contribution >= 0.6 is 0 Å². The summed E-state index contributed by atoms with van der Waals surface area (Å²) in [6, 6.07) is 51.3. The number of carbonyl (C=O) groups excluding carboxylic acids is 3. The van der Waals surface area contributed by atoms with Gasteiger partial charge in [0.2, 0.25) is 5.91 Å². The van der Waals surface area contributed by atoms with E-state index in [1.54, 1.807) is 30.3 Å². The molecule has 21 nitrogen and oxygen atoms in total. The summed E-state index contributed by atoms with van der Waals surface area (Å²) in [4.78, 5) is 86.0. The van der Waals surface area contributed by atoms with Gasteiger partial charge >= 0.3 is 28.4 Å². The van der Waals surface area contributed by atoms with E-state index in [1.807, 2.05) is 115 Å². The number of aliphatic imine (C=N–C) groups is 1. The van der Waals surface area contributed by atoms with Gasteiger partial charge in [-0.05, 0) is 81.4 Å². The summed E-state index contributed by atoms with van der Waals surface area (Å²) in [6.45, 7) is 6.18. The number of carboxylic acids is 2. The number of para-hydroxylation sites is 2. The molecule has 2 saturated heterocycles. The van der Waals surface area contributed by atoms with Crippen LogP contribution in [0.1, 0.15) is 77.7 Å². The number of likely N-dealkylation sites (tertiary alicyclic amines) is 2. The van der Waals surface area contributed by atoms with Gasteiger partial charge in [0.1, 0.15) is 12.1 Å². The van der Waals surface area contributed by atoms with Crippen LogP contribution in [-0.4, -0.2) is 113 Å². The van der Waals surface area contributed by atoms with Crippen molar-refractivity contribution < 1.29 is 87.8 Å². The van der Waals surface area contributed by atoms with Gasteiger partial charge in [-0.2, -0.15) is 0 Å². The van der Waals surface area contributed by atoms with Crippen molar-refractivity contribution >= 4 is 46.6 Å². The zero-order chi connectivity index (χ0) is 56.3. The normalized spacial score (nSPS) is 15.2. The molecule has 2 fully saturated rings. The van der Waals surface area contributed by atoms with Crippen molar-refractivity contribution in [2.24, 2.45) is 10.7 Å². The fourth-order valence-electron chi connectivity index (χ4n) is 8.10. The topological polar surface area (TPSA) is 324 Å². The number of ketones is 1. The van der Waals surface area contributed by atoms with Gasteiger partial charge in [-0.15, -0.1) is 25.9 Å². The predicted molar refractivity (Wildman–Crippen MR) is 287 cm³/mol. The molecule has 23 heteroatoms. The van der Waals surface area contributed by atoms with E-state index in [4.69, 9.17) is 41.5 Å². The second-order valence-corrected chi connectivity index (χ2v) is 17.4. The summed E-state index contributed by atoms with van der Waals surface area (Å²) < 4.78 is 0. The number of benzene rings is 6. The van der Waals surface area contributed by atoms with Gasteiger partial charge in [-0.25, -0.2) is 4.79 Å². The molecule has 0 saturated carbocycles. The van der Waals surface area contributed by atoms with Gasteiger partial charge in [0, 0.05) is 46.3 Å². The molecule has 0 spiro atoms. The molecule has 2 heterocycles. The quantitative estimate of drug-likeness (QED) is 0.0185. The Hall–Kier alpha value is -8.19. The van der Waals surface area contributed by atoms with Gasteiger partial charge in [0.15, 0.2) is 5.78 Å². The van der Waals surface area contributed by atoms with Crippen LogP contribution in [0.25, 0.3) is 5.32 Å². The minimum Gasteiger partial charge on any atom is -0.625 e. The van der Waals surface area contributed by atoms with Crippen molar-refractivity contribution in [1.29, 1.82) is 0 Å². The standard InChI is InChI=1S/C28H29N3O3.C25H24N2O2.C3H7NO2.2HNO3.2Ni/c1-20(28(33)34)29-26(22-13-6-3-7-14-22)23-15-8-9-16-24(23)30-27(32)25-17-10-18-31(25)19-21-11-4-2-5-12-21;28-24(20-12-5-2-6-13-20)21-14-7-8-15-22(21)26-25(29)23-16-9-17-27(23)18-19-10-3-1-4-11-19;1-2(4)3(5)6;2*2-1(3)4;;/h2-9,11-16,20,25H,10,17-19H2,1H3,(H2,29,30,32,33,34);1-8,10-15,23H,9,16-18H2,(H,26,29);2H,4H2,1H3,(H,5,6);2*(H,2,3,4);;/q;;;;;;+2/p-1/t20-,25-;23-;2-;;;;/m000..../s1. The van der Waals surface area contributed by atoms with Crippen LogP contribution < -0.4 is 11.1 Å². The molecular weight excluding hydrogens is 1110 g/mol. The molecule has 6 aromatic carbocycles. The molecule has 2 aliphatic rings. The summed E-state index contributed by atoms with van der Waals surface area (Å²) in [7, 11) is 0. The van der Waals surface area contributed by atoms with Crippen molar-refractivity contribution in [3.05, 3.63) is 229 Å². The maximum atomic E-state index is 13.3.